The van der Waals surface area contributed by atoms with Gasteiger partial charge < -0.3 is 18.6 Å². The minimum atomic E-state index is -0.288. The van der Waals surface area contributed by atoms with Crippen LogP contribution in [0.2, 0.25) is 0 Å². The summed E-state index contributed by atoms with van der Waals surface area (Å²) in [6.07, 6.45) is 1.91. The SMILES string of the molecule is c1ccc(B2OCCCO2)c(B2OCCCO2)c1. The molecule has 0 unspecified atom stereocenters. The van der Waals surface area contributed by atoms with Crippen LogP contribution in [0.25, 0.3) is 0 Å². The standard InChI is InChI=1S/C12H16B2O4/c1-2-6-12(14-17-9-4-10-18-14)11(5-1)13-15-7-3-8-16-13/h1-2,5-6H,3-4,7-10H2. The second-order valence-electron chi connectivity index (χ2n) is 4.48. The molecular weight excluding hydrogens is 230 g/mol. The van der Waals surface area contributed by atoms with Crippen molar-refractivity contribution in [1.82, 2.24) is 0 Å². The largest absolute Gasteiger partial charge is 0.493 e. The highest BCUT2D eigenvalue weighted by molar-refractivity contribution is 6.73. The van der Waals surface area contributed by atoms with Crippen molar-refractivity contribution in [3.05, 3.63) is 24.3 Å². The highest BCUT2D eigenvalue weighted by atomic mass is 16.6. The number of hydrogen-bond acceptors (Lipinski definition) is 4. The molecule has 3 rings (SSSR count). The van der Waals surface area contributed by atoms with Gasteiger partial charge in [-0.3, -0.25) is 0 Å². The molecule has 2 fully saturated rings. The molecule has 1 aromatic rings. The van der Waals surface area contributed by atoms with E-state index in [1.165, 1.54) is 0 Å². The van der Waals surface area contributed by atoms with E-state index in [4.69, 9.17) is 18.6 Å². The molecule has 2 heterocycles. The zero-order chi connectivity index (χ0) is 12.2. The zero-order valence-electron chi connectivity index (χ0n) is 10.3. The smallest absolute Gasteiger partial charge is 0.407 e. The van der Waals surface area contributed by atoms with E-state index in [9.17, 15) is 0 Å². The van der Waals surface area contributed by atoms with E-state index in [1.54, 1.807) is 0 Å². The van der Waals surface area contributed by atoms with Gasteiger partial charge in [-0.1, -0.05) is 24.3 Å². The van der Waals surface area contributed by atoms with E-state index in [-0.39, 0.29) is 14.2 Å². The van der Waals surface area contributed by atoms with Gasteiger partial charge >= 0.3 is 14.2 Å². The van der Waals surface area contributed by atoms with Crippen molar-refractivity contribution in [3.8, 4) is 0 Å². The predicted octanol–water partition coefficient (Wildman–Crippen LogP) is -0.0492. The molecule has 0 radical (unpaired) electrons. The van der Waals surface area contributed by atoms with Crippen molar-refractivity contribution in [2.75, 3.05) is 26.4 Å². The first-order valence-electron chi connectivity index (χ1n) is 6.50. The third-order valence-electron chi connectivity index (χ3n) is 3.16. The lowest BCUT2D eigenvalue weighted by molar-refractivity contribution is 0.140. The Labute approximate surface area is 108 Å². The van der Waals surface area contributed by atoms with Crippen LogP contribution in [0.4, 0.5) is 0 Å². The van der Waals surface area contributed by atoms with Crippen LogP contribution in [-0.2, 0) is 18.6 Å². The molecule has 0 aliphatic carbocycles. The van der Waals surface area contributed by atoms with Crippen LogP contribution in [0.3, 0.4) is 0 Å². The van der Waals surface area contributed by atoms with Gasteiger partial charge in [0.1, 0.15) is 0 Å². The van der Waals surface area contributed by atoms with Crippen LogP contribution in [0.5, 0.6) is 0 Å². The first-order chi connectivity index (χ1) is 8.95. The van der Waals surface area contributed by atoms with E-state index in [0.717, 1.165) is 50.2 Å². The minimum Gasteiger partial charge on any atom is -0.407 e. The monoisotopic (exact) mass is 246 g/mol. The molecule has 0 N–H and O–H groups in total. The summed E-state index contributed by atoms with van der Waals surface area (Å²) in [4.78, 5) is 0. The van der Waals surface area contributed by atoms with Crippen LogP contribution in [0, 0.1) is 0 Å². The molecule has 0 amide bonds. The molecule has 4 nitrogen and oxygen atoms in total. The fourth-order valence-corrected chi connectivity index (χ4v) is 2.27. The van der Waals surface area contributed by atoms with Crippen LogP contribution in [-0.4, -0.2) is 40.7 Å². The third-order valence-corrected chi connectivity index (χ3v) is 3.16. The zero-order valence-corrected chi connectivity index (χ0v) is 10.3. The Morgan fingerprint density at radius 1 is 0.667 bits per heavy atom. The summed E-state index contributed by atoms with van der Waals surface area (Å²) in [5.74, 6) is 0. The summed E-state index contributed by atoms with van der Waals surface area (Å²) >= 11 is 0. The van der Waals surface area contributed by atoms with Crippen molar-refractivity contribution >= 4 is 25.2 Å². The van der Waals surface area contributed by atoms with Crippen molar-refractivity contribution in [2.24, 2.45) is 0 Å². The summed E-state index contributed by atoms with van der Waals surface area (Å²) < 4.78 is 22.6. The van der Waals surface area contributed by atoms with Gasteiger partial charge in [0, 0.05) is 26.4 Å². The van der Waals surface area contributed by atoms with E-state index >= 15 is 0 Å². The summed E-state index contributed by atoms with van der Waals surface area (Å²) in [7, 11) is -0.576. The molecule has 18 heavy (non-hydrogen) atoms. The number of rotatable bonds is 2. The number of hydrogen-bond donors (Lipinski definition) is 0. The summed E-state index contributed by atoms with van der Waals surface area (Å²) in [6, 6.07) is 8.02. The fraction of sp³-hybridized carbons (Fsp3) is 0.500. The maximum absolute atomic E-state index is 5.66. The molecule has 6 heteroatoms. The highest BCUT2D eigenvalue weighted by Gasteiger charge is 2.33. The van der Waals surface area contributed by atoms with Gasteiger partial charge in [-0.05, 0) is 23.8 Å². The molecule has 2 aliphatic rings. The summed E-state index contributed by atoms with van der Waals surface area (Å²) in [6.45, 7) is 2.97. The molecule has 2 aliphatic heterocycles. The molecule has 94 valence electrons. The minimum absolute atomic E-state index is 0.288. The second-order valence-corrected chi connectivity index (χ2v) is 4.48. The topological polar surface area (TPSA) is 36.9 Å². The Kier molecular flexibility index (Phi) is 4.00. The maximum atomic E-state index is 5.66. The van der Waals surface area contributed by atoms with E-state index in [1.807, 2.05) is 24.3 Å². The van der Waals surface area contributed by atoms with Crippen molar-refractivity contribution in [2.45, 2.75) is 12.8 Å². The van der Waals surface area contributed by atoms with Gasteiger partial charge in [0.25, 0.3) is 0 Å². The average Bonchev–Trinajstić information content (AvgIpc) is 2.49. The molecule has 0 spiro atoms. The van der Waals surface area contributed by atoms with Gasteiger partial charge in [0.05, 0.1) is 0 Å². The third kappa shape index (κ3) is 2.62. The Balaban J connectivity index is 1.83. The predicted molar refractivity (Wildman–Crippen MR) is 70.3 cm³/mol. The summed E-state index contributed by atoms with van der Waals surface area (Å²) in [5, 5.41) is 0. The van der Waals surface area contributed by atoms with Crippen molar-refractivity contribution in [3.63, 3.8) is 0 Å². The Morgan fingerprint density at radius 3 is 1.44 bits per heavy atom. The van der Waals surface area contributed by atoms with Crippen LogP contribution in [0.1, 0.15) is 12.8 Å². The van der Waals surface area contributed by atoms with Crippen LogP contribution in [0.15, 0.2) is 24.3 Å². The Bertz CT molecular complexity index is 352. The van der Waals surface area contributed by atoms with E-state index in [0.29, 0.717) is 0 Å². The van der Waals surface area contributed by atoms with Crippen molar-refractivity contribution in [1.29, 1.82) is 0 Å². The molecule has 0 atom stereocenters. The molecule has 2 saturated heterocycles. The van der Waals surface area contributed by atoms with Crippen LogP contribution >= 0.6 is 0 Å². The highest BCUT2D eigenvalue weighted by Crippen LogP contribution is 2.05. The molecule has 0 saturated carbocycles. The number of benzene rings is 1. The van der Waals surface area contributed by atoms with Gasteiger partial charge in [0.15, 0.2) is 0 Å². The summed E-state index contributed by atoms with van der Waals surface area (Å²) in [5.41, 5.74) is 2.04. The lowest BCUT2D eigenvalue weighted by Crippen LogP contribution is -2.55. The van der Waals surface area contributed by atoms with Gasteiger partial charge in [-0.2, -0.15) is 0 Å². The first-order valence-corrected chi connectivity index (χ1v) is 6.50. The van der Waals surface area contributed by atoms with E-state index in [2.05, 4.69) is 0 Å². The second kappa shape index (κ2) is 5.89. The Hall–Kier alpha value is -0.810. The van der Waals surface area contributed by atoms with Gasteiger partial charge in [-0.15, -0.1) is 0 Å². The lowest BCUT2D eigenvalue weighted by atomic mass is 9.64. The normalized spacial score (nSPS) is 21.1. The fourth-order valence-electron chi connectivity index (χ4n) is 2.27. The molecular formula is C12H16B2O4. The van der Waals surface area contributed by atoms with Gasteiger partial charge in [0.2, 0.25) is 0 Å². The van der Waals surface area contributed by atoms with Crippen molar-refractivity contribution < 1.29 is 18.6 Å². The van der Waals surface area contributed by atoms with Crippen LogP contribution < -0.4 is 10.9 Å². The average molecular weight is 246 g/mol. The van der Waals surface area contributed by atoms with Gasteiger partial charge in [-0.25, -0.2) is 0 Å². The lowest BCUT2D eigenvalue weighted by Gasteiger charge is -2.25. The quantitative estimate of drug-likeness (QED) is 0.685. The molecule has 0 aromatic heterocycles. The Morgan fingerprint density at radius 2 is 1.06 bits per heavy atom. The van der Waals surface area contributed by atoms with E-state index < -0.39 is 0 Å². The maximum Gasteiger partial charge on any atom is 0.493 e. The molecule has 0 bridgehead atoms. The first kappa shape index (κ1) is 12.2. The molecule has 1 aromatic carbocycles.